The second-order valence-electron chi connectivity index (χ2n) is 4.42. The summed E-state index contributed by atoms with van der Waals surface area (Å²) in [7, 11) is -1.01. The number of rotatable bonds is 1. The van der Waals surface area contributed by atoms with E-state index in [0.717, 1.165) is 5.69 Å². The first kappa shape index (κ1) is 9.54. The highest BCUT2D eigenvalue weighted by Crippen LogP contribution is 2.50. The molecule has 74 valence electrons. The zero-order valence-electron chi connectivity index (χ0n) is 8.86. The van der Waals surface area contributed by atoms with Crippen LogP contribution in [0.15, 0.2) is 30.5 Å². The van der Waals surface area contributed by atoms with Crippen molar-refractivity contribution in [2.45, 2.75) is 0 Å². The molecule has 0 saturated heterocycles. The van der Waals surface area contributed by atoms with E-state index in [1.807, 2.05) is 12.1 Å². The first-order valence-corrected chi connectivity index (χ1v) is 7.76. The molecule has 2 nitrogen and oxygen atoms in total. The number of hydrogen-bond donors (Lipinski definition) is 1. The minimum absolute atomic E-state index is 0.836. The van der Waals surface area contributed by atoms with E-state index in [2.05, 4.69) is 42.7 Å². The number of nitrogens with two attached hydrogens (primary N) is 1. The molecular formula is C11H16N2P+. The van der Waals surface area contributed by atoms with E-state index < -0.39 is 7.41 Å². The lowest BCUT2D eigenvalue weighted by Gasteiger charge is -2.14. The lowest BCUT2D eigenvalue weighted by atomic mass is 10.2. The van der Waals surface area contributed by atoms with E-state index >= 15 is 0 Å². The van der Waals surface area contributed by atoms with E-state index in [0.29, 0.717) is 0 Å². The van der Waals surface area contributed by atoms with Crippen LogP contribution in [0.5, 0.6) is 0 Å². The van der Waals surface area contributed by atoms with Gasteiger partial charge in [-0.1, -0.05) is 0 Å². The fourth-order valence-corrected chi connectivity index (χ4v) is 2.96. The maximum Gasteiger partial charge on any atom is 0.101 e. The molecule has 0 atom stereocenters. The van der Waals surface area contributed by atoms with Crippen LogP contribution in [0.1, 0.15) is 0 Å². The predicted molar refractivity (Wildman–Crippen MR) is 66.4 cm³/mol. The van der Waals surface area contributed by atoms with Crippen LogP contribution >= 0.6 is 7.41 Å². The third kappa shape index (κ3) is 1.51. The Morgan fingerprint density at radius 3 is 2.50 bits per heavy atom. The van der Waals surface area contributed by atoms with Crippen LogP contribution in [-0.4, -0.2) is 24.3 Å². The third-order valence-corrected chi connectivity index (χ3v) is 3.98. The summed E-state index contributed by atoms with van der Waals surface area (Å²) in [6.45, 7) is 6.92. The molecule has 1 aromatic carbocycles. The lowest BCUT2D eigenvalue weighted by molar-refractivity contribution is 1.29. The van der Waals surface area contributed by atoms with Gasteiger partial charge in [-0.2, -0.15) is 0 Å². The van der Waals surface area contributed by atoms with Crippen molar-refractivity contribution in [3.05, 3.63) is 30.5 Å². The number of fused-ring (bicyclic) bond motifs is 1. The van der Waals surface area contributed by atoms with Gasteiger partial charge in [-0.3, -0.25) is 0 Å². The summed E-state index contributed by atoms with van der Waals surface area (Å²) in [6.07, 6.45) is 2.16. The van der Waals surface area contributed by atoms with Gasteiger partial charge in [0, 0.05) is 17.3 Å². The monoisotopic (exact) mass is 207 g/mol. The topological polar surface area (TPSA) is 30.9 Å². The average molecular weight is 207 g/mol. The van der Waals surface area contributed by atoms with Crippen molar-refractivity contribution in [2.75, 3.05) is 25.7 Å². The van der Waals surface area contributed by atoms with E-state index in [1.165, 1.54) is 10.9 Å². The highest BCUT2D eigenvalue weighted by Gasteiger charge is 2.21. The molecule has 2 aromatic rings. The Balaban J connectivity index is 2.70. The molecule has 0 aliphatic rings. The minimum Gasteiger partial charge on any atom is -0.399 e. The fraction of sp³-hybridized carbons (Fsp3) is 0.273. The average Bonchev–Trinajstić information content (AvgIpc) is 2.45. The Kier molecular flexibility index (Phi) is 2.04. The third-order valence-electron chi connectivity index (χ3n) is 2.34. The van der Waals surface area contributed by atoms with Gasteiger partial charge in [0.1, 0.15) is 7.41 Å². The van der Waals surface area contributed by atoms with E-state index in [4.69, 9.17) is 5.73 Å². The molecular weight excluding hydrogens is 191 g/mol. The van der Waals surface area contributed by atoms with Gasteiger partial charge in [-0.25, -0.2) is 4.34 Å². The molecule has 2 N–H and O–H groups in total. The molecule has 0 unspecified atom stereocenters. The van der Waals surface area contributed by atoms with Crippen molar-refractivity contribution in [3.63, 3.8) is 0 Å². The summed E-state index contributed by atoms with van der Waals surface area (Å²) in [5.74, 6) is 0. The SMILES string of the molecule is C[P+](C)(C)n1ccc2cc(N)ccc21. The van der Waals surface area contributed by atoms with Crippen molar-refractivity contribution in [3.8, 4) is 0 Å². The van der Waals surface area contributed by atoms with Gasteiger partial charge in [-0.05, 0) is 24.3 Å². The van der Waals surface area contributed by atoms with Gasteiger partial charge in [0.05, 0.1) is 25.5 Å². The molecule has 0 radical (unpaired) electrons. The van der Waals surface area contributed by atoms with Crippen molar-refractivity contribution < 1.29 is 0 Å². The summed E-state index contributed by atoms with van der Waals surface area (Å²) >= 11 is 0. The Bertz CT molecular complexity index is 466. The smallest absolute Gasteiger partial charge is 0.101 e. The minimum atomic E-state index is -1.01. The molecule has 0 saturated carbocycles. The Labute approximate surface area is 85.1 Å². The first-order chi connectivity index (χ1) is 6.48. The molecule has 0 fully saturated rings. The normalized spacial score (nSPS) is 12.2. The molecule has 0 bridgehead atoms. The van der Waals surface area contributed by atoms with Gasteiger partial charge in [0.15, 0.2) is 0 Å². The molecule has 14 heavy (non-hydrogen) atoms. The molecule has 1 heterocycles. The second-order valence-corrected chi connectivity index (χ2v) is 8.73. The molecule has 0 amide bonds. The quantitative estimate of drug-likeness (QED) is 0.565. The number of anilines is 1. The van der Waals surface area contributed by atoms with Crippen LogP contribution in [0.3, 0.4) is 0 Å². The van der Waals surface area contributed by atoms with E-state index in [9.17, 15) is 0 Å². The van der Waals surface area contributed by atoms with Gasteiger partial charge in [0.25, 0.3) is 0 Å². The van der Waals surface area contributed by atoms with Gasteiger partial charge in [-0.15, -0.1) is 0 Å². The maximum absolute atomic E-state index is 5.74. The summed E-state index contributed by atoms with van der Waals surface area (Å²) in [5, 5.41) is 1.24. The lowest BCUT2D eigenvalue weighted by Crippen LogP contribution is -1.97. The Morgan fingerprint density at radius 2 is 1.86 bits per heavy atom. The molecule has 2 rings (SSSR count). The van der Waals surface area contributed by atoms with Crippen LogP contribution in [0.25, 0.3) is 10.9 Å². The first-order valence-electron chi connectivity index (χ1n) is 4.67. The highest BCUT2D eigenvalue weighted by molar-refractivity contribution is 7.72. The van der Waals surface area contributed by atoms with E-state index in [1.54, 1.807) is 0 Å². The zero-order chi connectivity index (χ0) is 10.3. The van der Waals surface area contributed by atoms with Gasteiger partial charge >= 0.3 is 0 Å². The van der Waals surface area contributed by atoms with Crippen LogP contribution < -0.4 is 5.73 Å². The van der Waals surface area contributed by atoms with Crippen LogP contribution in [0.2, 0.25) is 0 Å². The zero-order valence-corrected chi connectivity index (χ0v) is 9.75. The van der Waals surface area contributed by atoms with Crippen LogP contribution in [0, 0.1) is 0 Å². The summed E-state index contributed by atoms with van der Waals surface area (Å²) in [6, 6.07) is 8.24. The van der Waals surface area contributed by atoms with Gasteiger partial charge in [0.2, 0.25) is 0 Å². The fourth-order valence-electron chi connectivity index (χ4n) is 1.67. The predicted octanol–water partition coefficient (Wildman–Crippen LogP) is 2.89. The number of aromatic nitrogens is 1. The molecule has 0 aliphatic carbocycles. The molecule has 1 aromatic heterocycles. The van der Waals surface area contributed by atoms with Gasteiger partial charge < -0.3 is 5.73 Å². The summed E-state index contributed by atoms with van der Waals surface area (Å²) < 4.78 is 2.38. The van der Waals surface area contributed by atoms with Crippen molar-refractivity contribution >= 4 is 24.0 Å². The molecule has 3 heteroatoms. The Hall–Kier alpha value is -1.01. The largest absolute Gasteiger partial charge is 0.399 e. The van der Waals surface area contributed by atoms with E-state index in [-0.39, 0.29) is 0 Å². The highest BCUT2D eigenvalue weighted by atomic mass is 31.2. The standard InChI is InChI=1S/C11H16N2P/c1-14(2,3)13-7-6-9-8-10(12)4-5-11(9)13/h4-8H,12H2,1-3H3/q+1. The van der Waals surface area contributed by atoms with Crippen molar-refractivity contribution in [1.29, 1.82) is 0 Å². The molecule has 0 aliphatic heterocycles. The Morgan fingerprint density at radius 1 is 1.14 bits per heavy atom. The summed E-state index contributed by atoms with van der Waals surface area (Å²) in [4.78, 5) is 0. The number of hydrogen-bond acceptors (Lipinski definition) is 1. The number of benzene rings is 1. The molecule has 0 spiro atoms. The summed E-state index contributed by atoms with van der Waals surface area (Å²) in [5.41, 5.74) is 7.87. The van der Waals surface area contributed by atoms with Crippen LogP contribution in [0.4, 0.5) is 5.69 Å². The number of nitrogen functional groups attached to an aromatic ring is 1. The van der Waals surface area contributed by atoms with Crippen LogP contribution in [-0.2, 0) is 0 Å². The van der Waals surface area contributed by atoms with Crippen molar-refractivity contribution in [2.24, 2.45) is 0 Å². The second kappa shape index (κ2) is 2.99. The number of nitrogens with zero attached hydrogens (tertiary/aromatic N) is 1. The van der Waals surface area contributed by atoms with Crippen molar-refractivity contribution in [1.82, 2.24) is 4.34 Å². The maximum atomic E-state index is 5.74.